The molecule has 1 aliphatic rings. The molecule has 1 heterocycles. The van der Waals surface area contributed by atoms with Crippen LogP contribution in [0.4, 0.5) is 0 Å². The number of primary amides is 1. The Hall–Kier alpha value is -1.91. The minimum Gasteiger partial charge on any atom is -0.369 e. The SMILES string of the molecule is C.C#CCNCC1CCC(c2cccc(C(N)=O)c2)O1.CC.CC(C)(O)O. The van der Waals surface area contributed by atoms with Crippen molar-refractivity contribution >= 4 is 5.91 Å². The van der Waals surface area contributed by atoms with Crippen LogP contribution in [-0.4, -0.2) is 41.1 Å². The lowest BCUT2D eigenvalue weighted by Crippen LogP contribution is -2.26. The highest BCUT2D eigenvalue weighted by Gasteiger charge is 2.26. The molecule has 1 aromatic carbocycles. The van der Waals surface area contributed by atoms with Crippen LogP contribution in [0.15, 0.2) is 24.3 Å². The maximum atomic E-state index is 11.2. The number of carbonyl (C=O) groups excluding carboxylic acids is 1. The number of nitrogens with one attached hydrogen (secondary N) is 1. The molecule has 6 heteroatoms. The number of terminal acetylenes is 1. The maximum Gasteiger partial charge on any atom is 0.248 e. The van der Waals surface area contributed by atoms with Gasteiger partial charge in [0.05, 0.1) is 18.8 Å². The maximum absolute atomic E-state index is 11.2. The summed E-state index contributed by atoms with van der Waals surface area (Å²) >= 11 is 0. The van der Waals surface area contributed by atoms with Crippen molar-refractivity contribution in [3.05, 3.63) is 35.4 Å². The first kappa shape index (κ1) is 27.3. The van der Waals surface area contributed by atoms with Crippen molar-refractivity contribution in [1.82, 2.24) is 5.32 Å². The van der Waals surface area contributed by atoms with Crippen molar-refractivity contribution in [3.8, 4) is 12.3 Å². The third kappa shape index (κ3) is 13.0. The van der Waals surface area contributed by atoms with Gasteiger partial charge in [-0.2, -0.15) is 0 Å². The Morgan fingerprint density at radius 2 is 1.96 bits per heavy atom. The molecule has 0 aliphatic carbocycles. The van der Waals surface area contributed by atoms with Crippen LogP contribution in [0.2, 0.25) is 0 Å². The smallest absolute Gasteiger partial charge is 0.248 e. The largest absolute Gasteiger partial charge is 0.369 e. The molecule has 6 nitrogen and oxygen atoms in total. The highest BCUT2D eigenvalue weighted by atomic mass is 16.5. The Labute approximate surface area is 164 Å². The number of amides is 1. The molecule has 2 rings (SSSR count). The van der Waals surface area contributed by atoms with Gasteiger partial charge in [0.1, 0.15) is 0 Å². The second kappa shape index (κ2) is 14.2. The second-order valence-electron chi connectivity index (χ2n) is 6.14. The van der Waals surface area contributed by atoms with Gasteiger partial charge < -0.3 is 26.0 Å². The first-order valence-electron chi connectivity index (χ1n) is 8.85. The molecule has 154 valence electrons. The van der Waals surface area contributed by atoms with E-state index in [1.165, 1.54) is 13.8 Å². The van der Waals surface area contributed by atoms with E-state index in [-0.39, 0.29) is 19.6 Å². The van der Waals surface area contributed by atoms with Gasteiger partial charge in [0, 0.05) is 12.1 Å². The van der Waals surface area contributed by atoms with Crippen molar-refractivity contribution in [2.24, 2.45) is 5.73 Å². The standard InChI is InChI=1S/C15H18N2O2.C3H8O2.C2H6.CH4/c1-2-8-17-10-13-6-7-14(19-13)11-4-3-5-12(9-11)15(16)18;1-3(2,4)5;1-2;/h1,3-5,9,13-14,17H,6-8,10H2,(H2,16,18);4-5H,1-2H3;1-2H3;1H4. The summed E-state index contributed by atoms with van der Waals surface area (Å²) in [4.78, 5) is 11.2. The Bertz CT molecular complexity index is 570. The van der Waals surface area contributed by atoms with E-state index in [4.69, 9.17) is 27.1 Å². The number of carbonyl (C=O) groups is 1. The van der Waals surface area contributed by atoms with E-state index in [1.807, 2.05) is 32.0 Å². The quantitative estimate of drug-likeness (QED) is 0.357. The van der Waals surface area contributed by atoms with E-state index >= 15 is 0 Å². The molecule has 0 aromatic heterocycles. The van der Waals surface area contributed by atoms with Gasteiger partial charge in [-0.25, -0.2) is 0 Å². The third-order valence-electron chi connectivity index (χ3n) is 3.25. The van der Waals surface area contributed by atoms with Crippen molar-refractivity contribution in [2.45, 2.75) is 66.0 Å². The Morgan fingerprint density at radius 3 is 2.48 bits per heavy atom. The van der Waals surface area contributed by atoms with Crippen LogP contribution < -0.4 is 11.1 Å². The lowest BCUT2D eigenvalue weighted by Gasteiger charge is -2.14. The number of aliphatic hydroxyl groups is 2. The van der Waals surface area contributed by atoms with Gasteiger partial charge in [0.2, 0.25) is 5.91 Å². The highest BCUT2D eigenvalue weighted by Crippen LogP contribution is 2.32. The predicted octanol–water partition coefficient (Wildman–Crippen LogP) is 2.60. The number of hydrogen-bond acceptors (Lipinski definition) is 5. The monoisotopic (exact) mass is 380 g/mol. The van der Waals surface area contributed by atoms with Crippen molar-refractivity contribution in [2.75, 3.05) is 13.1 Å². The minimum absolute atomic E-state index is 0. The van der Waals surface area contributed by atoms with E-state index in [2.05, 4.69) is 11.2 Å². The molecule has 1 saturated heterocycles. The van der Waals surface area contributed by atoms with Crippen LogP contribution in [-0.2, 0) is 4.74 Å². The fourth-order valence-electron chi connectivity index (χ4n) is 2.30. The zero-order valence-corrected chi connectivity index (χ0v) is 16.2. The van der Waals surface area contributed by atoms with Gasteiger partial charge in [-0.1, -0.05) is 39.3 Å². The average molecular weight is 381 g/mol. The second-order valence-corrected chi connectivity index (χ2v) is 6.14. The van der Waals surface area contributed by atoms with Crippen LogP contribution in [0, 0.1) is 12.3 Å². The van der Waals surface area contributed by atoms with Crippen molar-refractivity contribution in [3.63, 3.8) is 0 Å². The molecule has 0 spiro atoms. The van der Waals surface area contributed by atoms with Gasteiger partial charge in [0.25, 0.3) is 0 Å². The molecule has 1 amide bonds. The van der Waals surface area contributed by atoms with Gasteiger partial charge in [-0.05, 0) is 44.4 Å². The molecule has 5 N–H and O–H groups in total. The van der Waals surface area contributed by atoms with E-state index in [0.29, 0.717) is 12.1 Å². The molecule has 1 aromatic rings. The van der Waals surface area contributed by atoms with Crippen LogP contribution in [0.1, 0.15) is 70.0 Å². The number of rotatable bonds is 5. The van der Waals surface area contributed by atoms with E-state index in [1.54, 1.807) is 6.07 Å². The zero-order valence-electron chi connectivity index (χ0n) is 16.2. The van der Waals surface area contributed by atoms with Crippen molar-refractivity contribution in [1.29, 1.82) is 0 Å². The number of ether oxygens (including phenoxy) is 1. The number of benzene rings is 1. The van der Waals surface area contributed by atoms with Crippen LogP contribution in [0.5, 0.6) is 0 Å². The fourth-order valence-corrected chi connectivity index (χ4v) is 2.30. The van der Waals surface area contributed by atoms with E-state index in [9.17, 15) is 4.79 Å². The Morgan fingerprint density at radius 1 is 1.37 bits per heavy atom. The summed E-state index contributed by atoms with van der Waals surface area (Å²) in [6.45, 7) is 7.91. The summed E-state index contributed by atoms with van der Waals surface area (Å²) in [6, 6.07) is 7.33. The summed E-state index contributed by atoms with van der Waals surface area (Å²) < 4.78 is 5.95. The van der Waals surface area contributed by atoms with Crippen LogP contribution in [0.3, 0.4) is 0 Å². The van der Waals surface area contributed by atoms with Crippen LogP contribution in [0.25, 0.3) is 0 Å². The number of nitrogens with two attached hydrogens (primary N) is 1. The summed E-state index contributed by atoms with van der Waals surface area (Å²) in [7, 11) is 0. The minimum atomic E-state index is -1.50. The van der Waals surface area contributed by atoms with Gasteiger partial charge in [-0.15, -0.1) is 6.42 Å². The van der Waals surface area contributed by atoms with Gasteiger partial charge in [-0.3, -0.25) is 4.79 Å². The highest BCUT2D eigenvalue weighted by molar-refractivity contribution is 5.92. The lowest BCUT2D eigenvalue weighted by atomic mass is 10.0. The van der Waals surface area contributed by atoms with Gasteiger partial charge in [0.15, 0.2) is 5.79 Å². The Balaban J connectivity index is 0. The molecule has 0 saturated carbocycles. The van der Waals surface area contributed by atoms with E-state index < -0.39 is 11.7 Å². The normalized spacial score (nSPS) is 18.0. The number of hydrogen-bond donors (Lipinski definition) is 4. The molecule has 0 bridgehead atoms. The molecular weight excluding hydrogens is 344 g/mol. The predicted molar refractivity (Wildman–Crippen MR) is 110 cm³/mol. The Kier molecular flexibility index (Phi) is 14.3. The van der Waals surface area contributed by atoms with Crippen molar-refractivity contribution < 1.29 is 19.7 Å². The molecule has 0 radical (unpaired) electrons. The molecule has 2 atom stereocenters. The molecule has 1 fully saturated rings. The summed E-state index contributed by atoms with van der Waals surface area (Å²) in [5, 5.41) is 19.3. The molecule has 1 aliphatic heterocycles. The third-order valence-corrected chi connectivity index (χ3v) is 3.25. The lowest BCUT2D eigenvalue weighted by molar-refractivity contribution is -0.127. The molecular formula is C21H36N2O4. The molecule has 2 unspecified atom stereocenters. The van der Waals surface area contributed by atoms with Gasteiger partial charge >= 0.3 is 0 Å². The topological polar surface area (TPSA) is 105 Å². The zero-order chi connectivity index (χ0) is 20.2. The van der Waals surface area contributed by atoms with E-state index in [0.717, 1.165) is 24.9 Å². The fraction of sp³-hybridized carbons (Fsp3) is 0.571. The average Bonchev–Trinajstić information content (AvgIpc) is 3.04. The first-order valence-corrected chi connectivity index (χ1v) is 8.85. The first-order chi connectivity index (χ1) is 12.2. The summed E-state index contributed by atoms with van der Waals surface area (Å²) in [5.74, 6) is 0.626. The summed E-state index contributed by atoms with van der Waals surface area (Å²) in [6.07, 6.45) is 7.33. The van der Waals surface area contributed by atoms with Crippen LogP contribution >= 0.6 is 0 Å². The molecule has 27 heavy (non-hydrogen) atoms. The summed E-state index contributed by atoms with van der Waals surface area (Å²) in [5.41, 5.74) is 6.81.